The number of carboxylic acids is 1. The summed E-state index contributed by atoms with van der Waals surface area (Å²) < 4.78 is 16.7. The van der Waals surface area contributed by atoms with E-state index < -0.39 is 11.4 Å². The number of piperazine rings is 1. The fourth-order valence-corrected chi connectivity index (χ4v) is 4.12. The van der Waals surface area contributed by atoms with Crippen LogP contribution in [0.3, 0.4) is 0 Å². The van der Waals surface area contributed by atoms with Crippen LogP contribution in [-0.2, 0) is 0 Å². The number of carboxylic acid groups (broad SMARTS) is 1. The van der Waals surface area contributed by atoms with Crippen LogP contribution < -0.4 is 15.6 Å². The Labute approximate surface area is 165 Å². The van der Waals surface area contributed by atoms with E-state index in [-0.39, 0.29) is 28.9 Å². The summed E-state index contributed by atoms with van der Waals surface area (Å²) in [7, 11) is 0. The van der Waals surface area contributed by atoms with Crippen molar-refractivity contribution in [2.24, 2.45) is 0 Å². The maximum Gasteiger partial charge on any atom is 0.341 e. The number of halogens is 1. The molecule has 1 saturated heterocycles. The van der Waals surface area contributed by atoms with Crippen molar-refractivity contribution in [2.75, 3.05) is 24.5 Å². The lowest BCUT2D eigenvalue weighted by Gasteiger charge is -2.33. The number of fused-ring (bicyclic) bond motifs is 2. The van der Waals surface area contributed by atoms with Crippen LogP contribution in [0.1, 0.15) is 36.2 Å². The Kier molecular flexibility index (Phi) is 4.06. The number of aromatic nitrogens is 2. The Morgan fingerprint density at radius 1 is 1.31 bits per heavy atom. The van der Waals surface area contributed by atoms with Gasteiger partial charge in [0.2, 0.25) is 5.43 Å². The first-order valence-corrected chi connectivity index (χ1v) is 9.83. The van der Waals surface area contributed by atoms with Crippen LogP contribution in [0.2, 0.25) is 0 Å². The molecule has 1 aromatic carbocycles. The van der Waals surface area contributed by atoms with Gasteiger partial charge in [0.05, 0.1) is 16.6 Å². The average molecular weight is 396 g/mol. The number of nitrogens with zero attached hydrogens (tertiary/aromatic N) is 3. The van der Waals surface area contributed by atoms with Crippen molar-refractivity contribution in [1.82, 2.24) is 14.9 Å². The van der Waals surface area contributed by atoms with Crippen molar-refractivity contribution in [3.8, 4) is 0 Å². The van der Waals surface area contributed by atoms with E-state index in [0.717, 1.165) is 19.4 Å². The van der Waals surface area contributed by atoms with Crippen LogP contribution in [0.25, 0.3) is 21.9 Å². The fourth-order valence-electron chi connectivity index (χ4n) is 4.12. The largest absolute Gasteiger partial charge is 0.477 e. The molecule has 1 aliphatic heterocycles. The molecule has 2 fully saturated rings. The minimum atomic E-state index is -1.26. The molecular weight excluding hydrogens is 375 g/mol. The van der Waals surface area contributed by atoms with Crippen molar-refractivity contribution in [1.29, 1.82) is 0 Å². The molecule has 1 atom stereocenters. The van der Waals surface area contributed by atoms with E-state index in [0.29, 0.717) is 35.3 Å². The second-order valence-corrected chi connectivity index (χ2v) is 7.97. The van der Waals surface area contributed by atoms with Gasteiger partial charge < -0.3 is 19.9 Å². The van der Waals surface area contributed by atoms with E-state index in [2.05, 4.69) is 17.2 Å². The van der Waals surface area contributed by atoms with Crippen molar-refractivity contribution in [3.05, 3.63) is 46.0 Å². The molecule has 5 rings (SSSR count). The lowest BCUT2D eigenvalue weighted by Crippen LogP contribution is -2.49. The highest BCUT2D eigenvalue weighted by molar-refractivity contribution is 5.97. The van der Waals surface area contributed by atoms with Gasteiger partial charge in [-0.25, -0.2) is 14.2 Å². The van der Waals surface area contributed by atoms with E-state index >= 15 is 0 Å². The summed E-state index contributed by atoms with van der Waals surface area (Å²) in [5.74, 6) is -1.63. The second kappa shape index (κ2) is 6.52. The minimum absolute atomic E-state index is 0.148. The molecule has 2 aliphatic rings. The number of hydrogen-bond donors (Lipinski definition) is 2. The molecular formula is C21H21FN4O3. The van der Waals surface area contributed by atoms with Crippen LogP contribution in [0.5, 0.6) is 0 Å². The highest BCUT2D eigenvalue weighted by Gasteiger charge is 2.28. The number of carbonyl (C=O) groups is 1. The summed E-state index contributed by atoms with van der Waals surface area (Å²) in [5, 5.41) is 13.5. The van der Waals surface area contributed by atoms with Crippen LogP contribution >= 0.6 is 0 Å². The Morgan fingerprint density at radius 3 is 2.79 bits per heavy atom. The molecule has 1 aliphatic carbocycles. The third kappa shape index (κ3) is 3.04. The summed E-state index contributed by atoms with van der Waals surface area (Å²) in [6.07, 6.45) is 3.24. The van der Waals surface area contributed by atoms with E-state index in [1.54, 1.807) is 16.7 Å². The number of nitrogens with one attached hydrogen (secondary N) is 1. The van der Waals surface area contributed by atoms with E-state index in [4.69, 9.17) is 0 Å². The quantitative estimate of drug-likeness (QED) is 0.662. The van der Waals surface area contributed by atoms with Gasteiger partial charge in [0, 0.05) is 43.3 Å². The van der Waals surface area contributed by atoms with Crippen LogP contribution in [-0.4, -0.2) is 46.3 Å². The summed E-state index contributed by atoms with van der Waals surface area (Å²) in [6.45, 7) is 4.24. The second-order valence-electron chi connectivity index (χ2n) is 7.97. The average Bonchev–Trinajstić information content (AvgIpc) is 3.51. The van der Waals surface area contributed by atoms with Crippen molar-refractivity contribution in [2.45, 2.75) is 31.8 Å². The van der Waals surface area contributed by atoms with Crippen molar-refractivity contribution < 1.29 is 14.3 Å². The van der Waals surface area contributed by atoms with E-state index in [1.165, 1.54) is 12.3 Å². The number of rotatable bonds is 3. The predicted molar refractivity (Wildman–Crippen MR) is 108 cm³/mol. The Balaban J connectivity index is 1.74. The summed E-state index contributed by atoms with van der Waals surface area (Å²) in [4.78, 5) is 30.9. The van der Waals surface area contributed by atoms with Crippen molar-refractivity contribution in [3.63, 3.8) is 0 Å². The molecule has 0 amide bonds. The summed E-state index contributed by atoms with van der Waals surface area (Å²) >= 11 is 0. The number of benzene rings is 1. The molecule has 7 nitrogen and oxygen atoms in total. The smallest absolute Gasteiger partial charge is 0.341 e. The van der Waals surface area contributed by atoms with Crippen LogP contribution in [0.15, 0.2) is 29.2 Å². The van der Waals surface area contributed by atoms with Gasteiger partial charge in [0.15, 0.2) is 0 Å². The molecule has 150 valence electrons. The Hall–Kier alpha value is -3.00. The highest BCUT2D eigenvalue weighted by Crippen LogP contribution is 2.37. The zero-order valence-electron chi connectivity index (χ0n) is 16.0. The third-order valence-electron chi connectivity index (χ3n) is 5.75. The van der Waals surface area contributed by atoms with Crippen molar-refractivity contribution >= 4 is 33.6 Å². The van der Waals surface area contributed by atoms with Gasteiger partial charge in [-0.05, 0) is 38.0 Å². The van der Waals surface area contributed by atoms with E-state index in [9.17, 15) is 19.1 Å². The first-order chi connectivity index (χ1) is 13.9. The molecule has 1 unspecified atom stereocenters. The number of aromatic carboxylic acids is 1. The first kappa shape index (κ1) is 18.1. The molecule has 0 radical (unpaired) electrons. The Bertz CT molecular complexity index is 1220. The van der Waals surface area contributed by atoms with Gasteiger partial charge in [-0.1, -0.05) is 0 Å². The van der Waals surface area contributed by atoms with Gasteiger partial charge >= 0.3 is 5.97 Å². The molecule has 29 heavy (non-hydrogen) atoms. The maximum atomic E-state index is 14.9. The Morgan fingerprint density at radius 2 is 2.10 bits per heavy atom. The lowest BCUT2D eigenvalue weighted by molar-refractivity contribution is 0.0695. The van der Waals surface area contributed by atoms with Crippen LogP contribution in [0, 0.1) is 5.82 Å². The minimum Gasteiger partial charge on any atom is -0.477 e. The molecule has 2 N–H and O–H groups in total. The van der Waals surface area contributed by atoms with Gasteiger partial charge in [-0.3, -0.25) is 4.79 Å². The summed E-state index contributed by atoms with van der Waals surface area (Å²) in [6, 6.07) is 5.10. The topological polar surface area (TPSA) is 87.5 Å². The molecule has 1 saturated carbocycles. The molecule has 3 heterocycles. The SMILES string of the molecule is CC1CN(c2cc3nc4c(cc3cc2F)c(=O)c(C(=O)O)cn4C2CC2)CCN1. The molecule has 0 bridgehead atoms. The zero-order valence-corrected chi connectivity index (χ0v) is 16.0. The molecule has 2 aromatic heterocycles. The first-order valence-electron chi connectivity index (χ1n) is 9.83. The predicted octanol–water partition coefficient (Wildman–Crippen LogP) is 2.52. The number of pyridine rings is 2. The normalized spacial score (nSPS) is 19.8. The summed E-state index contributed by atoms with van der Waals surface area (Å²) in [5.41, 5.74) is 0.690. The number of anilines is 1. The standard InChI is InChI=1S/C21H21FN4O3/c1-11-9-25(5-4-23-11)18-8-17-12(7-16(18)22)6-14-19(27)15(21(28)29)10-26(13-2-3-13)20(14)24-17/h6-8,10-11,13,23H,2-5,9H2,1H3,(H,28,29). The maximum absolute atomic E-state index is 14.9. The zero-order chi connectivity index (χ0) is 20.3. The fraction of sp³-hybridized carbons (Fsp3) is 0.381. The van der Waals surface area contributed by atoms with Gasteiger partial charge in [-0.15, -0.1) is 0 Å². The van der Waals surface area contributed by atoms with Gasteiger partial charge in [0.25, 0.3) is 0 Å². The molecule has 0 spiro atoms. The molecule has 3 aromatic rings. The number of hydrogen-bond acceptors (Lipinski definition) is 5. The highest BCUT2D eigenvalue weighted by atomic mass is 19.1. The monoisotopic (exact) mass is 396 g/mol. The van der Waals surface area contributed by atoms with E-state index in [1.807, 2.05) is 4.90 Å². The third-order valence-corrected chi connectivity index (χ3v) is 5.75. The van der Waals surface area contributed by atoms with Gasteiger partial charge in [-0.2, -0.15) is 0 Å². The van der Waals surface area contributed by atoms with Gasteiger partial charge in [0.1, 0.15) is 17.0 Å². The lowest BCUT2D eigenvalue weighted by atomic mass is 10.1. The molecule has 8 heteroatoms. The van der Waals surface area contributed by atoms with Crippen LogP contribution in [0.4, 0.5) is 10.1 Å².